The summed E-state index contributed by atoms with van der Waals surface area (Å²) in [5.41, 5.74) is 2.82. The molecule has 2 aromatic carbocycles. The molecule has 1 fully saturated rings. The van der Waals surface area contributed by atoms with Gasteiger partial charge in [0.15, 0.2) is 0 Å². The molecule has 1 aliphatic heterocycles. The highest BCUT2D eigenvalue weighted by Crippen LogP contribution is 2.26. The second kappa shape index (κ2) is 9.10. The SMILES string of the molecule is COc1ccc(Cn2cnc3c4ccccc4n(CC(=O)N4CCCCCC4)c3c2=O)cc1. The van der Waals surface area contributed by atoms with Crippen LogP contribution in [0.3, 0.4) is 0 Å². The van der Waals surface area contributed by atoms with Crippen LogP contribution in [-0.2, 0) is 17.9 Å². The van der Waals surface area contributed by atoms with Gasteiger partial charge < -0.3 is 14.2 Å². The van der Waals surface area contributed by atoms with Gasteiger partial charge in [-0.15, -0.1) is 0 Å². The maximum atomic E-state index is 13.6. The van der Waals surface area contributed by atoms with Crippen LogP contribution in [0.4, 0.5) is 0 Å². The summed E-state index contributed by atoms with van der Waals surface area (Å²) >= 11 is 0. The summed E-state index contributed by atoms with van der Waals surface area (Å²) in [4.78, 5) is 33.4. The summed E-state index contributed by atoms with van der Waals surface area (Å²) in [7, 11) is 1.63. The highest BCUT2D eigenvalue weighted by molar-refractivity contribution is 6.06. The Balaban J connectivity index is 1.56. The lowest BCUT2D eigenvalue weighted by molar-refractivity contribution is -0.131. The fraction of sp³-hybridized carbons (Fsp3) is 0.346. The van der Waals surface area contributed by atoms with E-state index in [1.165, 1.54) is 12.8 Å². The maximum absolute atomic E-state index is 13.6. The van der Waals surface area contributed by atoms with Crippen molar-refractivity contribution in [2.45, 2.75) is 38.8 Å². The molecule has 0 N–H and O–H groups in total. The lowest BCUT2D eigenvalue weighted by atomic mass is 10.2. The number of para-hydroxylation sites is 1. The maximum Gasteiger partial charge on any atom is 0.278 e. The van der Waals surface area contributed by atoms with E-state index in [1.54, 1.807) is 18.0 Å². The van der Waals surface area contributed by atoms with Gasteiger partial charge in [-0.2, -0.15) is 0 Å². The first-order valence-corrected chi connectivity index (χ1v) is 11.5. The molecule has 0 unspecified atom stereocenters. The Kier molecular flexibility index (Phi) is 5.86. The van der Waals surface area contributed by atoms with Crippen LogP contribution in [0.5, 0.6) is 5.75 Å². The van der Waals surface area contributed by atoms with Gasteiger partial charge in [-0.25, -0.2) is 4.98 Å². The van der Waals surface area contributed by atoms with Crippen LogP contribution in [0.15, 0.2) is 59.7 Å². The largest absolute Gasteiger partial charge is 0.497 e. The Morgan fingerprint density at radius 1 is 1.00 bits per heavy atom. The van der Waals surface area contributed by atoms with E-state index in [2.05, 4.69) is 4.98 Å². The smallest absolute Gasteiger partial charge is 0.278 e. The first-order valence-electron chi connectivity index (χ1n) is 11.5. The van der Waals surface area contributed by atoms with Crippen molar-refractivity contribution in [3.05, 3.63) is 70.8 Å². The van der Waals surface area contributed by atoms with Crippen molar-refractivity contribution in [2.24, 2.45) is 0 Å². The molecule has 170 valence electrons. The predicted molar refractivity (Wildman–Crippen MR) is 129 cm³/mol. The number of methoxy groups -OCH3 is 1. The molecular weight excluding hydrogens is 416 g/mol. The molecule has 2 aromatic heterocycles. The number of hydrogen-bond donors (Lipinski definition) is 0. The van der Waals surface area contributed by atoms with Crippen LogP contribution in [0, 0.1) is 0 Å². The van der Waals surface area contributed by atoms with Crippen LogP contribution < -0.4 is 10.3 Å². The minimum atomic E-state index is -0.143. The molecule has 0 saturated carbocycles. The Morgan fingerprint density at radius 3 is 2.45 bits per heavy atom. The summed E-state index contributed by atoms with van der Waals surface area (Å²) in [6.45, 7) is 2.12. The Morgan fingerprint density at radius 2 is 1.73 bits per heavy atom. The van der Waals surface area contributed by atoms with Gasteiger partial charge in [0.1, 0.15) is 23.3 Å². The molecule has 0 bridgehead atoms. The van der Waals surface area contributed by atoms with E-state index in [9.17, 15) is 9.59 Å². The van der Waals surface area contributed by atoms with E-state index in [0.717, 1.165) is 48.1 Å². The summed E-state index contributed by atoms with van der Waals surface area (Å²) in [6.07, 6.45) is 6.00. The van der Waals surface area contributed by atoms with E-state index in [4.69, 9.17) is 4.74 Å². The van der Waals surface area contributed by atoms with Gasteiger partial charge in [-0.05, 0) is 36.6 Å². The monoisotopic (exact) mass is 444 g/mol. The molecule has 5 rings (SSSR count). The van der Waals surface area contributed by atoms with E-state index >= 15 is 0 Å². The van der Waals surface area contributed by atoms with Gasteiger partial charge in [0.2, 0.25) is 5.91 Å². The molecule has 7 nitrogen and oxygen atoms in total. The Labute approximate surface area is 192 Å². The van der Waals surface area contributed by atoms with Gasteiger partial charge in [-0.3, -0.25) is 14.2 Å². The van der Waals surface area contributed by atoms with Gasteiger partial charge in [0, 0.05) is 18.5 Å². The third kappa shape index (κ3) is 4.11. The molecular formula is C26H28N4O3. The number of likely N-dealkylation sites (tertiary alicyclic amines) is 1. The summed E-state index contributed by atoms with van der Waals surface area (Å²) in [5.74, 6) is 0.830. The molecule has 3 heterocycles. The van der Waals surface area contributed by atoms with Crippen LogP contribution in [-0.4, -0.2) is 45.1 Å². The number of carbonyl (C=O) groups is 1. The minimum absolute atomic E-state index is 0.0597. The molecule has 0 radical (unpaired) electrons. The zero-order valence-corrected chi connectivity index (χ0v) is 18.9. The third-order valence-corrected chi connectivity index (χ3v) is 6.50. The van der Waals surface area contributed by atoms with Crippen LogP contribution >= 0.6 is 0 Å². The van der Waals surface area contributed by atoms with Crippen molar-refractivity contribution in [3.8, 4) is 5.75 Å². The number of amides is 1. The highest BCUT2D eigenvalue weighted by atomic mass is 16.5. The number of nitrogens with zero attached hydrogens (tertiary/aromatic N) is 4. The Hall–Kier alpha value is -3.61. The minimum Gasteiger partial charge on any atom is -0.497 e. The molecule has 0 spiro atoms. The molecule has 1 aliphatic rings. The topological polar surface area (TPSA) is 69.4 Å². The Bertz CT molecular complexity index is 1350. The lowest BCUT2D eigenvalue weighted by Crippen LogP contribution is -2.35. The normalized spacial score (nSPS) is 14.5. The van der Waals surface area contributed by atoms with Crippen molar-refractivity contribution < 1.29 is 9.53 Å². The fourth-order valence-electron chi connectivity index (χ4n) is 4.71. The summed E-state index contributed by atoms with van der Waals surface area (Å²) in [5, 5.41) is 0.893. The molecule has 1 saturated heterocycles. The van der Waals surface area contributed by atoms with Crippen LogP contribution in [0.25, 0.3) is 21.9 Å². The molecule has 0 aliphatic carbocycles. The number of carbonyl (C=O) groups excluding carboxylic acids is 1. The molecule has 0 atom stereocenters. The number of hydrogen-bond acceptors (Lipinski definition) is 4. The predicted octanol–water partition coefficient (Wildman–Crippen LogP) is 3.81. The molecule has 7 heteroatoms. The highest BCUT2D eigenvalue weighted by Gasteiger charge is 2.21. The summed E-state index contributed by atoms with van der Waals surface area (Å²) in [6, 6.07) is 15.4. The zero-order valence-electron chi connectivity index (χ0n) is 18.9. The number of benzene rings is 2. The second-order valence-electron chi connectivity index (χ2n) is 8.62. The van der Waals surface area contributed by atoms with Crippen molar-refractivity contribution in [1.29, 1.82) is 0 Å². The van der Waals surface area contributed by atoms with Crippen molar-refractivity contribution in [1.82, 2.24) is 19.0 Å². The molecule has 1 amide bonds. The fourth-order valence-corrected chi connectivity index (χ4v) is 4.71. The second-order valence-corrected chi connectivity index (χ2v) is 8.62. The van der Waals surface area contributed by atoms with Crippen LogP contribution in [0.1, 0.15) is 31.2 Å². The van der Waals surface area contributed by atoms with Gasteiger partial charge in [-0.1, -0.05) is 43.2 Å². The lowest BCUT2D eigenvalue weighted by Gasteiger charge is -2.21. The zero-order chi connectivity index (χ0) is 22.8. The number of fused-ring (bicyclic) bond motifs is 3. The first kappa shape index (κ1) is 21.2. The molecule has 33 heavy (non-hydrogen) atoms. The van der Waals surface area contributed by atoms with Gasteiger partial charge in [0.25, 0.3) is 5.56 Å². The van der Waals surface area contributed by atoms with Crippen LogP contribution in [0.2, 0.25) is 0 Å². The molecule has 4 aromatic rings. The third-order valence-electron chi connectivity index (χ3n) is 6.50. The van der Waals surface area contributed by atoms with Gasteiger partial charge >= 0.3 is 0 Å². The van der Waals surface area contributed by atoms with Gasteiger partial charge in [0.05, 0.1) is 25.5 Å². The van der Waals surface area contributed by atoms with Crippen molar-refractivity contribution in [3.63, 3.8) is 0 Å². The number of ether oxygens (including phenoxy) is 1. The van der Waals surface area contributed by atoms with E-state index in [0.29, 0.717) is 17.6 Å². The number of rotatable bonds is 5. The first-order chi connectivity index (χ1) is 16.2. The average Bonchev–Trinajstić information content (AvgIpc) is 2.99. The van der Waals surface area contributed by atoms with E-state index in [-0.39, 0.29) is 18.0 Å². The quantitative estimate of drug-likeness (QED) is 0.469. The summed E-state index contributed by atoms with van der Waals surface area (Å²) < 4.78 is 8.69. The van der Waals surface area contributed by atoms with Crippen molar-refractivity contribution >= 4 is 27.8 Å². The number of aromatic nitrogens is 3. The standard InChI is InChI=1S/C26H28N4O3/c1-33-20-12-10-19(11-13-20)16-29-18-27-24-21-8-4-5-9-22(21)30(25(24)26(29)32)17-23(31)28-14-6-2-3-7-15-28/h4-5,8-13,18H,2-3,6-7,14-17H2,1H3. The van der Waals surface area contributed by atoms with Crippen molar-refractivity contribution in [2.75, 3.05) is 20.2 Å². The average molecular weight is 445 g/mol. The van der Waals surface area contributed by atoms with E-state index < -0.39 is 0 Å². The van der Waals surface area contributed by atoms with E-state index in [1.807, 2.05) is 58.0 Å².